The third-order valence-corrected chi connectivity index (χ3v) is 5.18. The molecule has 1 aromatic carbocycles. The van der Waals surface area contributed by atoms with Crippen LogP contribution in [0.3, 0.4) is 0 Å². The summed E-state index contributed by atoms with van der Waals surface area (Å²) in [5, 5.41) is 0. The smallest absolute Gasteiger partial charge is 0.314 e. The fourth-order valence-electron chi connectivity index (χ4n) is 3.41. The summed E-state index contributed by atoms with van der Waals surface area (Å²) in [6.45, 7) is 10.00. The molecule has 5 heteroatoms. The van der Waals surface area contributed by atoms with E-state index in [1.165, 1.54) is 19.2 Å². The largest absolute Gasteiger partial charge is 0.496 e. The molecule has 0 bridgehead atoms. The van der Waals surface area contributed by atoms with E-state index in [0.717, 1.165) is 25.9 Å². The van der Waals surface area contributed by atoms with Crippen molar-refractivity contribution in [2.45, 2.75) is 58.6 Å². The normalized spacial score (nSPS) is 20.5. The van der Waals surface area contributed by atoms with Crippen molar-refractivity contribution in [2.24, 2.45) is 5.92 Å². The van der Waals surface area contributed by atoms with Gasteiger partial charge in [-0.05, 0) is 44.4 Å². The van der Waals surface area contributed by atoms with E-state index in [1.54, 1.807) is 6.07 Å². The van der Waals surface area contributed by atoms with E-state index in [0.29, 0.717) is 17.4 Å². The molecule has 25 heavy (non-hydrogen) atoms. The molecule has 0 radical (unpaired) electrons. The highest BCUT2D eigenvalue weighted by Crippen LogP contribution is 2.35. The lowest BCUT2D eigenvalue weighted by atomic mass is 9.85. The first kappa shape index (κ1) is 19.7. The molecule has 4 nitrogen and oxygen atoms in total. The average molecular weight is 351 g/mol. The van der Waals surface area contributed by atoms with Crippen LogP contribution in [-0.4, -0.2) is 43.2 Å². The third-order valence-electron chi connectivity index (χ3n) is 5.18. The lowest BCUT2D eigenvalue weighted by Crippen LogP contribution is -2.32. The first-order valence-corrected chi connectivity index (χ1v) is 9.15. The molecule has 0 spiro atoms. The molecule has 2 rings (SSSR count). The molecule has 1 fully saturated rings. The Hall–Kier alpha value is -1.62. The van der Waals surface area contributed by atoms with Crippen molar-refractivity contribution in [3.05, 3.63) is 29.6 Å². The second kappa shape index (κ2) is 8.65. The zero-order chi connectivity index (χ0) is 18.6. The predicted octanol–water partition coefficient (Wildman–Crippen LogP) is 3.99. The van der Waals surface area contributed by atoms with E-state index in [4.69, 9.17) is 9.47 Å². The maximum absolute atomic E-state index is 13.8. The summed E-state index contributed by atoms with van der Waals surface area (Å²) >= 11 is 0. The fraction of sp³-hybridized carbons (Fsp3) is 0.650. The summed E-state index contributed by atoms with van der Waals surface area (Å²) in [6.07, 6.45) is 1.54. The molecule has 0 aliphatic carbocycles. The number of likely N-dealkylation sites (tertiary alicyclic amines) is 1. The molecule has 1 aliphatic heterocycles. The highest BCUT2D eigenvalue weighted by atomic mass is 19.1. The summed E-state index contributed by atoms with van der Waals surface area (Å²) in [4.78, 5) is 15.2. The van der Waals surface area contributed by atoms with Gasteiger partial charge >= 0.3 is 5.97 Å². The van der Waals surface area contributed by atoms with Gasteiger partial charge in [0, 0.05) is 24.7 Å². The van der Waals surface area contributed by atoms with Crippen LogP contribution < -0.4 is 4.74 Å². The van der Waals surface area contributed by atoms with Gasteiger partial charge in [-0.3, -0.25) is 9.69 Å². The number of hydrogen-bond donors (Lipinski definition) is 0. The Labute approximate surface area is 150 Å². The maximum Gasteiger partial charge on any atom is 0.314 e. The molecular weight excluding hydrogens is 321 g/mol. The van der Waals surface area contributed by atoms with Crippen molar-refractivity contribution >= 4 is 5.97 Å². The van der Waals surface area contributed by atoms with Crippen molar-refractivity contribution in [1.82, 2.24) is 4.90 Å². The van der Waals surface area contributed by atoms with Gasteiger partial charge in [-0.1, -0.05) is 20.3 Å². The van der Waals surface area contributed by atoms with Gasteiger partial charge in [-0.2, -0.15) is 0 Å². The molecule has 1 aliphatic rings. The van der Waals surface area contributed by atoms with Crippen LogP contribution in [-0.2, 0) is 9.53 Å². The minimum atomic E-state index is -0.524. The van der Waals surface area contributed by atoms with Crippen LogP contribution in [0, 0.1) is 11.7 Å². The summed E-state index contributed by atoms with van der Waals surface area (Å²) in [5.74, 6) is -0.619. The fourth-order valence-corrected chi connectivity index (χ4v) is 3.41. The van der Waals surface area contributed by atoms with Gasteiger partial charge in [0.15, 0.2) is 0 Å². The Morgan fingerprint density at radius 2 is 2.08 bits per heavy atom. The Morgan fingerprint density at radius 3 is 2.64 bits per heavy atom. The Morgan fingerprint density at radius 1 is 1.36 bits per heavy atom. The molecule has 0 N–H and O–H groups in total. The van der Waals surface area contributed by atoms with E-state index >= 15 is 0 Å². The van der Waals surface area contributed by atoms with Gasteiger partial charge in [-0.25, -0.2) is 4.39 Å². The number of halogens is 1. The lowest BCUT2D eigenvalue weighted by molar-refractivity contribution is -0.151. The van der Waals surface area contributed by atoms with Crippen molar-refractivity contribution in [3.63, 3.8) is 0 Å². The van der Waals surface area contributed by atoms with Crippen LogP contribution >= 0.6 is 0 Å². The number of carbonyl (C=O) groups is 1. The average Bonchev–Trinajstić information content (AvgIpc) is 3.04. The predicted molar refractivity (Wildman–Crippen MR) is 96.4 cm³/mol. The molecule has 1 heterocycles. The van der Waals surface area contributed by atoms with E-state index in [1.807, 2.05) is 13.8 Å². The standard InChI is InChI=1S/C20H30FNO3/c1-6-14(4)19(17-11-15(21)7-8-18(17)24-5)20(23)25-16-9-10-22(12-16)13(2)3/h7-8,11,13-14,16,19H,6,9-10,12H2,1-5H3. The van der Waals surface area contributed by atoms with Crippen LogP contribution in [0.4, 0.5) is 4.39 Å². The van der Waals surface area contributed by atoms with Crippen molar-refractivity contribution in [3.8, 4) is 5.75 Å². The highest BCUT2D eigenvalue weighted by Gasteiger charge is 2.34. The van der Waals surface area contributed by atoms with Crippen LogP contribution in [0.5, 0.6) is 5.75 Å². The zero-order valence-electron chi connectivity index (χ0n) is 15.9. The molecule has 1 saturated heterocycles. The van der Waals surface area contributed by atoms with Crippen molar-refractivity contribution < 1.29 is 18.7 Å². The number of esters is 1. The summed E-state index contributed by atoms with van der Waals surface area (Å²) < 4.78 is 25.0. The van der Waals surface area contributed by atoms with Gasteiger partial charge in [0.05, 0.1) is 13.0 Å². The van der Waals surface area contributed by atoms with Crippen molar-refractivity contribution in [1.29, 1.82) is 0 Å². The van der Waals surface area contributed by atoms with E-state index < -0.39 is 5.92 Å². The number of carbonyl (C=O) groups excluding carboxylic acids is 1. The van der Waals surface area contributed by atoms with Crippen LogP contribution in [0.2, 0.25) is 0 Å². The topological polar surface area (TPSA) is 38.8 Å². The lowest BCUT2D eigenvalue weighted by Gasteiger charge is -2.26. The molecule has 3 unspecified atom stereocenters. The highest BCUT2D eigenvalue weighted by molar-refractivity contribution is 5.79. The van der Waals surface area contributed by atoms with Gasteiger partial charge in [0.2, 0.25) is 0 Å². The number of hydrogen-bond acceptors (Lipinski definition) is 4. The van der Waals surface area contributed by atoms with Gasteiger partial charge < -0.3 is 9.47 Å². The molecule has 0 aromatic heterocycles. The molecular formula is C20H30FNO3. The van der Waals surface area contributed by atoms with Crippen molar-refractivity contribution in [2.75, 3.05) is 20.2 Å². The first-order valence-electron chi connectivity index (χ1n) is 9.15. The molecule has 1 aromatic rings. The second-order valence-corrected chi connectivity index (χ2v) is 7.19. The molecule has 140 valence electrons. The van der Waals surface area contributed by atoms with Crippen LogP contribution in [0.1, 0.15) is 52.0 Å². The van der Waals surface area contributed by atoms with Crippen LogP contribution in [0.15, 0.2) is 18.2 Å². The van der Waals surface area contributed by atoms with E-state index in [-0.39, 0.29) is 23.8 Å². The third kappa shape index (κ3) is 4.72. The Balaban J connectivity index is 2.20. The molecule has 0 amide bonds. The maximum atomic E-state index is 13.8. The number of benzene rings is 1. The van der Waals surface area contributed by atoms with Crippen LogP contribution in [0.25, 0.3) is 0 Å². The summed E-state index contributed by atoms with van der Waals surface area (Å²) in [5.41, 5.74) is 0.570. The number of methoxy groups -OCH3 is 1. The summed E-state index contributed by atoms with van der Waals surface area (Å²) in [7, 11) is 1.53. The van der Waals surface area contributed by atoms with Gasteiger partial charge in [-0.15, -0.1) is 0 Å². The molecule has 0 saturated carbocycles. The zero-order valence-corrected chi connectivity index (χ0v) is 15.9. The minimum Gasteiger partial charge on any atom is -0.496 e. The Kier molecular flexibility index (Phi) is 6.82. The number of nitrogens with zero attached hydrogens (tertiary/aromatic N) is 1. The van der Waals surface area contributed by atoms with E-state index in [9.17, 15) is 9.18 Å². The number of rotatable bonds is 7. The minimum absolute atomic E-state index is 0.0332. The van der Waals surface area contributed by atoms with E-state index in [2.05, 4.69) is 18.7 Å². The quantitative estimate of drug-likeness (QED) is 0.696. The molecule has 3 atom stereocenters. The number of ether oxygens (including phenoxy) is 2. The SMILES string of the molecule is CCC(C)C(C(=O)OC1CCN(C(C)C)C1)c1cc(F)ccc1OC. The van der Waals surface area contributed by atoms with Gasteiger partial charge in [0.25, 0.3) is 0 Å². The van der Waals surface area contributed by atoms with Gasteiger partial charge in [0.1, 0.15) is 17.7 Å². The summed E-state index contributed by atoms with van der Waals surface area (Å²) in [6, 6.07) is 4.76. The Bertz CT molecular complexity index is 590. The second-order valence-electron chi connectivity index (χ2n) is 7.19. The monoisotopic (exact) mass is 351 g/mol. The first-order chi connectivity index (χ1) is 11.9.